The van der Waals surface area contributed by atoms with Gasteiger partial charge in [-0.15, -0.1) is 22.1 Å². The molecule has 15 aliphatic rings. The van der Waals surface area contributed by atoms with Gasteiger partial charge in [0.1, 0.15) is 0 Å². The fourth-order valence-electron chi connectivity index (χ4n) is 15.6. The summed E-state index contributed by atoms with van der Waals surface area (Å²) in [5, 5.41) is 2.22. The van der Waals surface area contributed by atoms with Crippen molar-refractivity contribution in [3.05, 3.63) is 270 Å². The minimum atomic E-state index is 0. The number of aliphatic imine (C=N–C) groups is 2. The minimum absolute atomic E-state index is 0. The van der Waals surface area contributed by atoms with Gasteiger partial charge in [-0.05, 0) is 118 Å². The molecule has 73 heavy (non-hydrogen) atoms. The molecule has 21 rings (SSSR count). The number of hydrogen-bond donors (Lipinski definition) is 0. The second kappa shape index (κ2) is 16.0. The molecule has 0 N–H and O–H groups in total. The standard InChI is InChI=1S/C68H52N4.Zn/c1-5-13-37(14-6-1)57-61-49-41-21-25-43(26-22-41)51(49)63(69-61)58(38-15-7-2-8-16-38)65-53-45-29-33-47(34-30-45)55(53)67(71-65)60(40-19-11-4-12-20-40)68-56-48-35-31-46(32-36-48)54(56)66(72-68)59(39-17-9-3-10-18-39)64-52-44-27-23-42(24-28-44)50(52)62(57)70-64;/h1-21,23,25,27,29,31,33,35,41-48H,22,24,26,28,30,32,34,36H2;/q-2;+2. The molecule has 8 atom stereocenters. The number of allylic oxidation sites excluding steroid dienone is 12. The Hall–Kier alpha value is -6.94. The first-order chi connectivity index (χ1) is 35.7. The van der Waals surface area contributed by atoms with Crippen molar-refractivity contribution in [1.29, 1.82) is 0 Å². The van der Waals surface area contributed by atoms with Crippen molar-refractivity contribution in [3.8, 4) is 0 Å². The maximum Gasteiger partial charge on any atom is 2.00 e. The number of fused-ring (bicyclic) bond motifs is 4. The van der Waals surface area contributed by atoms with Crippen LogP contribution in [-0.4, -0.2) is 11.4 Å². The van der Waals surface area contributed by atoms with E-state index >= 15 is 0 Å². The Balaban J connectivity index is 0.00000456. The Morgan fingerprint density at radius 1 is 0.301 bits per heavy atom. The Morgan fingerprint density at radius 3 is 0.918 bits per heavy atom. The summed E-state index contributed by atoms with van der Waals surface area (Å²) in [5.74, 6) is 2.13. The van der Waals surface area contributed by atoms with Crippen LogP contribution in [0.5, 0.6) is 0 Å². The molecule has 0 spiro atoms. The number of nitrogens with zero attached hydrogens (tertiary/aromatic N) is 4. The molecule has 2 aliphatic heterocycles. The average Bonchev–Trinajstić information content (AvgIpc) is 4.27. The van der Waals surface area contributed by atoms with E-state index in [0.29, 0.717) is 0 Å². The number of aromatic nitrogens is 2. The summed E-state index contributed by atoms with van der Waals surface area (Å²) in [7, 11) is 0. The summed E-state index contributed by atoms with van der Waals surface area (Å²) in [5.41, 5.74) is 27.3. The Labute approximate surface area is 439 Å². The van der Waals surface area contributed by atoms with Gasteiger partial charge in [0.15, 0.2) is 0 Å². The third-order valence-electron chi connectivity index (χ3n) is 18.7. The van der Waals surface area contributed by atoms with Crippen molar-refractivity contribution in [2.24, 2.45) is 33.7 Å². The maximum absolute atomic E-state index is 6.26. The van der Waals surface area contributed by atoms with Gasteiger partial charge in [0, 0.05) is 47.3 Å². The van der Waals surface area contributed by atoms with Crippen LogP contribution in [0.15, 0.2) is 214 Å². The van der Waals surface area contributed by atoms with Crippen molar-refractivity contribution in [3.63, 3.8) is 0 Å². The molecule has 8 unspecified atom stereocenters. The average molecular weight is 991 g/mol. The van der Waals surface area contributed by atoms with Crippen LogP contribution in [-0.2, 0) is 19.5 Å². The van der Waals surface area contributed by atoms with Crippen molar-refractivity contribution in [2.75, 3.05) is 0 Å². The van der Waals surface area contributed by atoms with Gasteiger partial charge in [-0.1, -0.05) is 192 Å². The van der Waals surface area contributed by atoms with Crippen LogP contribution in [0.3, 0.4) is 0 Å². The van der Waals surface area contributed by atoms with Gasteiger partial charge in [-0.25, -0.2) is 9.98 Å². The molecule has 4 nitrogen and oxygen atoms in total. The molecule has 13 aliphatic carbocycles. The van der Waals surface area contributed by atoms with Crippen LogP contribution in [0.2, 0.25) is 0 Å². The van der Waals surface area contributed by atoms with Crippen molar-refractivity contribution in [2.45, 2.75) is 75.0 Å². The molecule has 6 aromatic rings. The van der Waals surface area contributed by atoms with Crippen molar-refractivity contribution in [1.82, 2.24) is 9.97 Å². The quantitative estimate of drug-likeness (QED) is 0.131. The zero-order chi connectivity index (χ0) is 46.8. The van der Waals surface area contributed by atoms with E-state index in [2.05, 4.69) is 170 Å². The zero-order valence-electron chi connectivity index (χ0n) is 40.9. The smallest absolute Gasteiger partial charge is 0.656 e. The van der Waals surface area contributed by atoms with E-state index in [1.54, 1.807) is 0 Å². The maximum atomic E-state index is 6.26. The molecular weight excluding hydrogens is 938 g/mol. The molecule has 346 valence electrons. The van der Waals surface area contributed by atoms with Crippen LogP contribution in [0.4, 0.5) is 0 Å². The summed E-state index contributed by atoms with van der Waals surface area (Å²) in [4.78, 5) is 25.0. The van der Waals surface area contributed by atoms with Gasteiger partial charge in [-0.2, -0.15) is 0 Å². The molecule has 4 aromatic carbocycles. The largest absolute Gasteiger partial charge is 2.00 e. The fourth-order valence-corrected chi connectivity index (χ4v) is 15.6. The first-order valence-corrected chi connectivity index (χ1v) is 27.0. The third kappa shape index (κ3) is 5.92. The van der Waals surface area contributed by atoms with E-state index in [0.717, 1.165) is 96.3 Å². The monoisotopic (exact) mass is 988 g/mol. The molecule has 16 bridgehead atoms. The van der Waals surface area contributed by atoms with Crippen LogP contribution in [0, 0.1) is 23.7 Å². The zero-order valence-corrected chi connectivity index (χ0v) is 43.9. The number of rotatable bonds is 4. The number of hydrogen-bond acceptors (Lipinski definition) is 2. The molecule has 0 fully saturated rings. The molecule has 4 heterocycles. The first-order valence-electron chi connectivity index (χ1n) is 27.0. The third-order valence-corrected chi connectivity index (χ3v) is 18.7. The van der Waals surface area contributed by atoms with Gasteiger partial charge in [0.25, 0.3) is 0 Å². The molecule has 0 amide bonds. The normalized spacial score (nSPS) is 27.9. The van der Waals surface area contributed by atoms with E-state index in [-0.39, 0.29) is 66.8 Å². The second-order valence-electron chi connectivity index (χ2n) is 22.2. The van der Waals surface area contributed by atoms with Gasteiger partial charge < -0.3 is 9.97 Å². The van der Waals surface area contributed by atoms with Crippen LogP contribution in [0.25, 0.3) is 22.3 Å². The fraction of sp³-hybridized carbons (Fsp3) is 0.235. The molecule has 2 aromatic heterocycles. The summed E-state index contributed by atoms with van der Waals surface area (Å²) in [6.07, 6.45) is 29.1. The molecule has 5 heteroatoms. The minimum Gasteiger partial charge on any atom is -0.656 e. The van der Waals surface area contributed by atoms with Crippen molar-refractivity contribution >= 4 is 33.7 Å². The van der Waals surface area contributed by atoms with E-state index in [1.807, 2.05) is 0 Å². The Morgan fingerprint density at radius 2 is 0.589 bits per heavy atom. The van der Waals surface area contributed by atoms with Crippen molar-refractivity contribution < 1.29 is 19.5 Å². The van der Waals surface area contributed by atoms with Crippen LogP contribution in [0.1, 0.15) is 131 Å². The Bertz CT molecular complexity index is 3630. The summed E-state index contributed by atoms with van der Waals surface area (Å²) < 4.78 is 0. The topological polar surface area (TPSA) is 52.9 Å². The van der Waals surface area contributed by atoms with Crippen LogP contribution < -0.4 is 20.7 Å². The Kier molecular flexibility index (Phi) is 9.35. The predicted molar refractivity (Wildman–Crippen MR) is 289 cm³/mol. The first kappa shape index (κ1) is 42.6. The SMILES string of the molecule is C1=CC2CCC1C1=C2C2=C(c3ccccc3)c3[n-]c(c4c3C3C=CC4CC3)C(c3ccccc3)=C3N=C(C4=C3C3C=CC4CC3)C(c3ccccc3)=c3[n-]c(c4c3C3C=CC4CC3)=C(c3ccccc3)C1=N2.[Zn+2]. The molecule has 0 radical (unpaired) electrons. The molecule has 0 saturated heterocycles. The van der Waals surface area contributed by atoms with E-state index in [4.69, 9.17) is 20.0 Å². The van der Waals surface area contributed by atoms with E-state index in [9.17, 15) is 0 Å². The van der Waals surface area contributed by atoms with Gasteiger partial charge in [0.2, 0.25) is 0 Å². The van der Waals surface area contributed by atoms with E-state index < -0.39 is 0 Å². The van der Waals surface area contributed by atoms with E-state index in [1.165, 1.54) is 89.1 Å². The predicted octanol–water partition coefficient (Wildman–Crippen LogP) is 13.0. The second-order valence-corrected chi connectivity index (χ2v) is 22.2. The molecule has 0 saturated carbocycles. The summed E-state index contributed by atoms with van der Waals surface area (Å²) >= 11 is 0. The van der Waals surface area contributed by atoms with Crippen LogP contribution >= 0.6 is 0 Å². The molecular formula is C68H52N4Zn. The summed E-state index contributed by atoms with van der Waals surface area (Å²) in [6, 6.07) is 44.9. The van der Waals surface area contributed by atoms with Gasteiger partial charge in [0.05, 0.1) is 22.8 Å². The summed E-state index contributed by atoms with van der Waals surface area (Å²) in [6.45, 7) is 0. The number of benzene rings is 4. The van der Waals surface area contributed by atoms with Gasteiger partial charge in [-0.3, -0.25) is 0 Å². The van der Waals surface area contributed by atoms with Gasteiger partial charge >= 0.3 is 19.5 Å².